The highest BCUT2D eigenvalue weighted by atomic mass is 16.5. The van der Waals surface area contributed by atoms with Crippen molar-refractivity contribution in [3.05, 3.63) is 54.4 Å². The number of ether oxygens (including phenoxy) is 2. The molecule has 4 rings (SSSR count). The Hall–Kier alpha value is -3.55. The second-order valence-corrected chi connectivity index (χ2v) is 6.87. The summed E-state index contributed by atoms with van der Waals surface area (Å²) in [4.78, 5) is 19.3. The van der Waals surface area contributed by atoms with Crippen molar-refractivity contribution in [2.45, 2.75) is 25.8 Å². The molecular formula is C22H24N4O4. The molecule has 1 aromatic heterocycles. The van der Waals surface area contributed by atoms with E-state index in [9.17, 15) is 4.79 Å². The number of nitrogens with zero attached hydrogens (tertiary/aromatic N) is 3. The number of carbonyl (C=O) groups excluding carboxylic acids is 1. The summed E-state index contributed by atoms with van der Waals surface area (Å²) in [5.74, 6) is 2.16. The molecule has 1 saturated heterocycles. The summed E-state index contributed by atoms with van der Waals surface area (Å²) in [7, 11) is 1.60. The normalized spacial score (nSPS) is 15.8. The van der Waals surface area contributed by atoms with E-state index in [1.807, 2.05) is 55.5 Å². The highest BCUT2D eigenvalue weighted by molar-refractivity contribution is 5.91. The van der Waals surface area contributed by atoms with Gasteiger partial charge < -0.3 is 24.2 Å². The first-order chi connectivity index (χ1) is 14.7. The highest BCUT2D eigenvalue weighted by Crippen LogP contribution is 2.34. The zero-order chi connectivity index (χ0) is 20.9. The third kappa shape index (κ3) is 3.94. The number of hydrogen-bond donors (Lipinski definition) is 1. The Morgan fingerprint density at radius 3 is 2.77 bits per heavy atom. The van der Waals surface area contributed by atoms with Crippen LogP contribution in [0.2, 0.25) is 0 Å². The van der Waals surface area contributed by atoms with Gasteiger partial charge >= 0.3 is 6.03 Å². The summed E-state index contributed by atoms with van der Waals surface area (Å²) >= 11 is 0. The minimum atomic E-state index is -0.278. The molecule has 8 nitrogen and oxygen atoms in total. The molecule has 2 amide bonds. The van der Waals surface area contributed by atoms with Gasteiger partial charge in [0.2, 0.25) is 11.7 Å². The highest BCUT2D eigenvalue weighted by Gasteiger charge is 2.34. The van der Waals surface area contributed by atoms with E-state index in [0.717, 1.165) is 18.4 Å². The standard InChI is InChI=1S/C22H24N4O4/c1-3-29-19-13-7-5-10-16(19)23-22(27)26-14-8-11-17(26)21-24-20(25-30-21)15-9-4-6-12-18(15)28-2/h4-7,9-10,12-13,17H,3,8,11,14H2,1-2H3,(H,23,27)/t17-/m0/s1. The maximum Gasteiger partial charge on any atom is 0.322 e. The van der Waals surface area contributed by atoms with Crippen LogP contribution in [0.4, 0.5) is 10.5 Å². The van der Waals surface area contributed by atoms with Crippen LogP contribution in [0.3, 0.4) is 0 Å². The van der Waals surface area contributed by atoms with Crippen LogP contribution < -0.4 is 14.8 Å². The second kappa shape index (κ2) is 8.86. The maximum atomic E-state index is 13.0. The van der Waals surface area contributed by atoms with Gasteiger partial charge in [0.25, 0.3) is 0 Å². The van der Waals surface area contributed by atoms with Crippen LogP contribution in [0.25, 0.3) is 11.4 Å². The number of urea groups is 1. The summed E-state index contributed by atoms with van der Waals surface area (Å²) in [5, 5.41) is 7.06. The van der Waals surface area contributed by atoms with E-state index in [-0.39, 0.29) is 12.1 Å². The number of para-hydroxylation sites is 3. The molecule has 3 aromatic rings. The van der Waals surface area contributed by atoms with Crippen molar-refractivity contribution in [2.24, 2.45) is 0 Å². The average molecular weight is 408 g/mol. The van der Waals surface area contributed by atoms with E-state index in [0.29, 0.717) is 42.1 Å². The topological polar surface area (TPSA) is 89.7 Å². The number of carbonyl (C=O) groups is 1. The maximum absolute atomic E-state index is 13.0. The van der Waals surface area contributed by atoms with Crippen molar-refractivity contribution in [2.75, 3.05) is 25.6 Å². The van der Waals surface area contributed by atoms with Gasteiger partial charge in [0.05, 0.1) is 25.0 Å². The Balaban J connectivity index is 1.53. The van der Waals surface area contributed by atoms with Crippen LogP contribution in [0, 0.1) is 0 Å². The zero-order valence-corrected chi connectivity index (χ0v) is 17.0. The summed E-state index contributed by atoms with van der Waals surface area (Å²) < 4.78 is 16.5. The lowest BCUT2D eigenvalue weighted by molar-refractivity contribution is 0.193. The van der Waals surface area contributed by atoms with Gasteiger partial charge in [-0.25, -0.2) is 4.79 Å². The van der Waals surface area contributed by atoms with Gasteiger partial charge in [-0.2, -0.15) is 4.98 Å². The number of amides is 2. The Morgan fingerprint density at radius 2 is 1.97 bits per heavy atom. The van der Waals surface area contributed by atoms with Crippen LogP contribution in [-0.4, -0.2) is 41.3 Å². The number of hydrogen-bond acceptors (Lipinski definition) is 6. The van der Waals surface area contributed by atoms with Crippen molar-refractivity contribution in [1.29, 1.82) is 0 Å². The number of likely N-dealkylation sites (tertiary alicyclic amines) is 1. The number of rotatable bonds is 6. The molecule has 1 aliphatic rings. The molecule has 1 atom stereocenters. The fourth-order valence-electron chi connectivity index (χ4n) is 3.61. The van der Waals surface area contributed by atoms with Crippen molar-refractivity contribution >= 4 is 11.7 Å². The fraction of sp³-hybridized carbons (Fsp3) is 0.318. The van der Waals surface area contributed by atoms with E-state index in [1.54, 1.807) is 12.0 Å². The molecule has 0 spiro atoms. The van der Waals surface area contributed by atoms with Crippen LogP contribution >= 0.6 is 0 Å². The molecule has 0 radical (unpaired) electrons. The SMILES string of the molecule is CCOc1ccccc1NC(=O)N1CCC[C@H]1c1nc(-c2ccccc2OC)no1. The molecule has 1 N–H and O–H groups in total. The molecule has 30 heavy (non-hydrogen) atoms. The van der Waals surface area contributed by atoms with Crippen molar-refractivity contribution in [1.82, 2.24) is 15.0 Å². The second-order valence-electron chi connectivity index (χ2n) is 6.87. The van der Waals surface area contributed by atoms with Crippen molar-refractivity contribution in [3.8, 4) is 22.9 Å². The van der Waals surface area contributed by atoms with Crippen molar-refractivity contribution in [3.63, 3.8) is 0 Å². The predicted molar refractivity (Wildman–Crippen MR) is 112 cm³/mol. The minimum absolute atomic E-state index is 0.221. The smallest absolute Gasteiger partial charge is 0.322 e. The molecule has 0 bridgehead atoms. The van der Waals surface area contributed by atoms with Gasteiger partial charge in [-0.15, -0.1) is 0 Å². The summed E-state index contributed by atoms with van der Waals surface area (Å²) in [6, 6.07) is 14.4. The van der Waals surface area contributed by atoms with Gasteiger partial charge in [-0.1, -0.05) is 29.4 Å². The first kappa shape index (κ1) is 19.8. The third-order valence-electron chi connectivity index (χ3n) is 5.02. The van der Waals surface area contributed by atoms with Gasteiger partial charge in [-0.05, 0) is 44.0 Å². The first-order valence-corrected chi connectivity index (χ1v) is 9.97. The van der Waals surface area contributed by atoms with Gasteiger partial charge in [0.1, 0.15) is 17.5 Å². The van der Waals surface area contributed by atoms with E-state index in [1.165, 1.54) is 0 Å². The molecule has 2 aromatic carbocycles. The Labute approximate surface area is 174 Å². The predicted octanol–water partition coefficient (Wildman–Crippen LogP) is 4.51. The average Bonchev–Trinajstić information content (AvgIpc) is 3.45. The lowest BCUT2D eigenvalue weighted by atomic mass is 10.2. The van der Waals surface area contributed by atoms with Gasteiger partial charge in [0.15, 0.2) is 0 Å². The molecule has 0 saturated carbocycles. The van der Waals surface area contributed by atoms with Gasteiger partial charge in [-0.3, -0.25) is 0 Å². The molecule has 8 heteroatoms. The van der Waals surface area contributed by atoms with Crippen molar-refractivity contribution < 1.29 is 18.8 Å². The Bertz CT molecular complexity index is 1020. The molecule has 0 unspecified atom stereocenters. The Morgan fingerprint density at radius 1 is 1.20 bits per heavy atom. The summed E-state index contributed by atoms with van der Waals surface area (Å²) in [6.07, 6.45) is 1.62. The number of anilines is 1. The van der Waals surface area contributed by atoms with Crippen LogP contribution in [0.5, 0.6) is 11.5 Å². The third-order valence-corrected chi connectivity index (χ3v) is 5.02. The zero-order valence-electron chi connectivity index (χ0n) is 17.0. The summed E-state index contributed by atoms with van der Waals surface area (Å²) in [6.45, 7) is 3.04. The molecule has 0 aliphatic carbocycles. The minimum Gasteiger partial charge on any atom is -0.496 e. The van der Waals surface area contributed by atoms with Crippen LogP contribution in [0.1, 0.15) is 31.7 Å². The number of nitrogens with one attached hydrogen (secondary N) is 1. The largest absolute Gasteiger partial charge is 0.496 e. The fourth-order valence-corrected chi connectivity index (χ4v) is 3.61. The van der Waals surface area contributed by atoms with Gasteiger partial charge in [0, 0.05) is 6.54 Å². The lowest BCUT2D eigenvalue weighted by Crippen LogP contribution is -2.34. The van der Waals surface area contributed by atoms with E-state index >= 15 is 0 Å². The van der Waals surface area contributed by atoms with Crippen LogP contribution in [-0.2, 0) is 0 Å². The lowest BCUT2D eigenvalue weighted by Gasteiger charge is -2.23. The molecule has 1 aliphatic heterocycles. The molecule has 1 fully saturated rings. The van der Waals surface area contributed by atoms with E-state index in [2.05, 4.69) is 15.5 Å². The summed E-state index contributed by atoms with van der Waals surface area (Å²) in [5.41, 5.74) is 1.38. The van der Waals surface area contributed by atoms with E-state index in [4.69, 9.17) is 14.0 Å². The number of benzene rings is 2. The number of aromatic nitrogens is 2. The monoisotopic (exact) mass is 408 g/mol. The Kier molecular flexibility index (Phi) is 5.83. The molecule has 156 valence electrons. The quantitative estimate of drug-likeness (QED) is 0.645. The van der Waals surface area contributed by atoms with E-state index < -0.39 is 0 Å². The first-order valence-electron chi connectivity index (χ1n) is 9.97. The number of methoxy groups -OCH3 is 1. The van der Waals surface area contributed by atoms with Crippen LogP contribution in [0.15, 0.2) is 53.1 Å². The molecular weight excluding hydrogens is 384 g/mol. The molecule has 2 heterocycles.